The minimum absolute atomic E-state index is 0.263. The van der Waals surface area contributed by atoms with Crippen molar-refractivity contribution in [1.82, 2.24) is 0 Å². The lowest BCUT2D eigenvalue weighted by atomic mass is 9.86. The molecule has 0 aliphatic heterocycles. The summed E-state index contributed by atoms with van der Waals surface area (Å²) in [6.07, 6.45) is 4.93. The lowest BCUT2D eigenvalue weighted by molar-refractivity contribution is 0.0855. The van der Waals surface area contributed by atoms with Crippen molar-refractivity contribution in [2.75, 3.05) is 0 Å². The Balaban J connectivity index is 4.07. The highest BCUT2D eigenvalue weighted by molar-refractivity contribution is 4.84. The first kappa shape index (κ1) is 11.4. The van der Waals surface area contributed by atoms with Crippen LogP contribution in [0.2, 0.25) is 0 Å². The van der Waals surface area contributed by atoms with Crippen LogP contribution in [0.3, 0.4) is 0 Å². The second-order valence-corrected chi connectivity index (χ2v) is 3.52. The van der Waals surface area contributed by atoms with E-state index < -0.39 is 0 Å². The van der Waals surface area contributed by atoms with Gasteiger partial charge in [0.05, 0.1) is 6.10 Å². The molecular weight excluding hydrogens is 148 g/mol. The molecule has 0 aromatic rings. The van der Waals surface area contributed by atoms with Crippen molar-refractivity contribution in [2.24, 2.45) is 11.8 Å². The summed E-state index contributed by atoms with van der Waals surface area (Å²) in [7, 11) is 0. The molecule has 0 bridgehead atoms. The van der Waals surface area contributed by atoms with Crippen molar-refractivity contribution in [3.63, 3.8) is 0 Å². The highest BCUT2D eigenvalue weighted by Gasteiger charge is 2.19. The summed E-state index contributed by atoms with van der Waals surface area (Å²) in [6.45, 7) is 11.6. The van der Waals surface area contributed by atoms with Crippen LogP contribution in [-0.2, 0) is 0 Å². The number of allylic oxidation sites excluding steroid dienone is 1. The van der Waals surface area contributed by atoms with E-state index in [0.717, 1.165) is 6.42 Å². The van der Waals surface area contributed by atoms with E-state index in [9.17, 15) is 5.11 Å². The van der Waals surface area contributed by atoms with E-state index in [1.807, 2.05) is 6.08 Å². The summed E-state index contributed by atoms with van der Waals surface area (Å²) in [4.78, 5) is 0. The summed E-state index contributed by atoms with van der Waals surface area (Å²) in [6, 6.07) is 0. The molecule has 1 heteroatoms. The van der Waals surface area contributed by atoms with E-state index in [0.29, 0.717) is 18.3 Å². The summed E-state index contributed by atoms with van der Waals surface area (Å²) < 4.78 is 0. The quantitative estimate of drug-likeness (QED) is 0.605. The Labute approximate surface area is 75.8 Å². The first-order valence-corrected chi connectivity index (χ1v) is 4.53. The molecule has 0 unspecified atom stereocenters. The minimum Gasteiger partial charge on any atom is -0.392 e. The van der Waals surface area contributed by atoms with Crippen LogP contribution in [0.25, 0.3) is 0 Å². The molecule has 70 valence electrons. The zero-order valence-electron chi connectivity index (χ0n) is 8.16. The monoisotopic (exact) mass is 168 g/mol. The fraction of sp³-hybridized carbons (Fsp3) is 0.636. The van der Waals surface area contributed by atoms with Gasteiger partial charge in [-0.05, 0) is 24.7 Å². The van der Waals surface area contributed by atoms with Crippen LogP contribution in [0.4, 0.5) is 0 Å². The lowest BCUT2D eigenvalue weighted by Gasteiger charge is -2.24. The van der Waals surface area contributed by atoms with Crippen molar-refractivity contribution < 1.29 is 5.11 Å². The van der Waals surface area contributed by atoms with E-state index in [4.69, 9.17) is 0 Å². The molecule has 1 N–H and O–H groups in total. The zero-order chi connectivity index (χ0) is 9.56. The van der Waals surface area contributed by atoms with Gasteiger partial charge in [0.1, 0.15) is 0 Å². The van der Waals surface area contributed by atoms with Gasteiger partial charge in [0.15, 0.2) is 0 Å². The molecule has 1 nitrogen and oxygen atoms in total. The molecule has 0 saturated carbocycles. The number of hydrogen-bond acceptors (Lipinski definition) is 1. The standard InChI is InChI=1S/C11H20O/c1-5-7-10(9(3)4)11(12)8-6-2/h5-6,9-12H,1-2,7-8H2,3-4H3/t10-,11+/m1/s1. The second kappa shape index (κ2) is 6.01. The highest BCUT2D eigenvalue weighted by atomic mass is 16.3. The van der Waals surface area contributed by atoms with Crippen molar-refractivity contribution in [3.05, 3.63) is 25.3 Å². The molecule has 0 fully saturated rings. The van der Waals surface area contributed by atoms with E-state index in [-0.39, 0.29) is 6.10 Å². The van der Waals surface area contributed by atoms with Gasteiger partial charge < -0.3 is 5.11 Å². The Morgan fingerprint density at radius 2 is 1.67 bits per heavy atom. The van der Waals surface area contributed by atoms with E-state index >= 15 is 0 Å². The van der Waals surface area contributed by atoms with E-state index in [2.05, 4.69) is 27.0 Å². The predicted octanol–water partition coefficient (Wildman–Crippen LogP) is 2.77. The average Bonchev–Trinajstić information content (AvgIpc) is 1.99. The largest absolute Gasteiger partial charge is 0.392 e. The van der Waals surface area contributed by atoms with Gasteiger partial charge in [-0.1, -0.05) is 26.0 Å². The van der Waals surface area contributed by atoms with Crippen LogP contribution in [0.1, 0.15) is 26.7 Å². The maximum Gasteiger partial charge on any atom is 0.0608 e. The SMILES string of the molecule is C=CC[C@H](C(C)C)[C@@H](O)CC=C. The van der Waals surface area contributed by atoms with Crippen LogP contribution in [0, 0.1) is 11.8 Å². The molecule has 0 aromatic heterocycles. The maximum atomic E-state index is 9.69. The van der Waals surface area contributed by atoms with E-state index in [1.54, 1.807) is 6.08 Å². The minimum atomic E-state index is -0.263. The van der Waals surface area contributed by atoms with E-state index in [1.165, 1.54) is 0 Å². The van der Waals surface area contributed by atoms with Gasteiger partial charge in [-0.15, -0.1) is 13.2 Å². The molecule has 0 heterocycles. The van der Waals surface area contributed by atoms with Gasteiger partial charge in [-0.2, -0.15) is 0 Å². The van der Waals surface area contributed by atoms with Crippen LogP contribution in [-0.4, -0.2) is 11.2 Å². The summed E-state index contributed by atoms with van der Waals surface area (Å²) in [5, 5.41) is 9.69. The van der Waals surface area contributed by atoms with Crippen LogP contribution in [0.15, 0.2) is 25.3 Å². The van der Waals surface area contributed by atoms with Gasteiger partial charge in [-0.3, -0.25) is 0 Å². The van der Waals surface area contributed by atoms with Gasteiger partial charge >= 0.3 is 0 Å². The Hall–Kier alpha value is -0.560. The van der Waals surface area contributed by atoms with Gasteiger partial charge in [-0.25, -0.2) is 0 Å². The molecule has 2 atom stereocenters. The van der Waals surface area contributed by atoms with Gasteiger partial charge in [0, 0.05) is 0 Å². The van der Waals surface area contributed by atoms with Gasteiger partial charge in [0.25, 0.3) is 0 Å². The highest BCUT2D eigenvalue weighted by Crippen LogP contribution is 2.21. The molecule has 0 radical (unpaired) electrons. The number of rotatable bonds is 6. The Bertz CT molecular complexity index is 138. The fourth-order valence-electron chi connectivity index (χ4n) is 1.41. The summed E-state index contributed by atoms with van der Waals surface area (Å²) >= 11 is 0. The maximum absolute atomic E-state index is 9.69. The number of aliphatic hydroxyl groups excluding tert-OH is 1. The molecule has 0 aliphatic rings. The normalized spacial score (nSPS) is 15.7. The number of aliphatic hydroxyl groups is 1. The molecule has 0 aliphatic carbocycles. The topological polar surface area (TPSA) is 20.2 Å². The molecule has 12 heavy (non-hydrogen) atoms. The van der Waals surface area contributed by atoms with Crippen molar-refractivity contribution in [3.8, 4) is 0 Å². The van der Waals surface area contributed by atoms with Gasteiger partial charge in [0.2, 0.25) is 0 Å². The zero-order valence-corrected chi connectivity index (χ0v) is 8.16. The average molecular weight is 168 g/mol. The third-order valence-corrected chi connectivity index (χ3v) is 2.20. The molecule has 0 spiro atoms. The third-order valence-electron chi connectivity index (χ3n) is 2.20. The summed E-state index contributed by atoms with van der Waals surface area (Å²) in [5.74, 6) is 0.818. The van der Waals surface area contributed by atoms with Crippen molar-refractivity contribution in [2.45, 2.75) is 32.8 Å². The van der Waals surface area contributed by atoms with Crippen LogP contribution < -0.4 is 0 Å². The van der Waals surface area contributed by atoms with Crippen molar-refractivity contribution >= 4 is 0 Å². The Morgan fingerprint density at radius 3 is 2.00 bits per heavy atom. The predicted molar refractivity (Wildman–Crippen MR) is 54.0 cm³/mol. The smallest absolute Gasteiger partial charge is 0.0608 e. The first-order valence-electron chi connectivity index (χ1n) is 4.53. The Morgan fingerprint density at radius 1 is 1.17 bits per heavy atom. The molecule has 0 aromatic carbocycles. The van der Waals surface area contributed by atoms with Crippen molar-refractivity contribution in [1.29, 1.82) is 0 Å². The lowest BCUT2D eigenvalue weighted by Crippen LogP contribution is -2.24. The summed E-state index contributed by atoms with van der Waals surface area (Å²) in [5.41, 5.74) is 0. The van der Waals surface area contributed by atoms with Crippen LogP contribution >= 0.6 is 0 Å². The Kier molecular flexibility index (Phi) is 5.73. The third kappa shape index (κ3) is 3.72. The molecule has 0 rings (SSSR count). The second-order valence-electron chi connectivity index (χ2n) is 3.52. The fourth-order valence-corrected chi connectivity index (χ4v) is 1.41. The first-order chi connectivity index (χ1) is 5.63. The molecule has 0 amide bonds. The van der Waals surface area contributed by atoms with Crippen LogP contribution in [0.5, 0.6) is 0 Å². The molecule has 0 saturated heterocycles. The molecular formula is C11H20O. The number of hydrogen-bond donors (Lipinski definition) is 1.